The van der Waals surface area contributed by atoms with Crippen molar-refractivity contribution in [3.8, 4) is 0 Å². The monoisotopic (exact) mass is 352 g/mol. The molecule has 0 aliphatic carbocycles. The predicted molar refractivity (Wildman–Crippen MR) is 93.1 cm³/mol. The average molecular weight is 353 g/mol. The number of halogens is 1. The number of amides is 1. The summed E-state index contributed by atoms with van der Waals surface area (Å²) in [7, 11) is 1.31. The fraction of sp³-hybridized carbons (Fsp3) is 0.294. The fourth-order valence-electron chi connectivity index (χ4n) is 2.23. The Hall–Kier alpha value is -2.47. The predicted octanol–water partition coefficient (Wildman–Crippen LogP) is 2.63. The van der Waals surface area contributed by atoms with Crippen LogP contribution in [0.3, 0.4) is 0 Å². The molecule has 0 saturated carbocycles. The first-order chi connectivity index (χ1) is 11.0. The van der Waals surface area contributed by atoms with Crippen molar-refractivity contribution in [1.82, 2.24) is 5.32 Å². The number of carbonyl (C=O) groups excluding carboxylic acids is 2. The lowest BCUT2D eigenvalue weighted by molar-refractivity contribution is -0.121. The van der Waals surface area contributed by atoms with Gasteiger partial charge in [-0.05, 0) is 31.0 Å². The summed E-state index contributed by atoms with van der Waals surface area (Å²) in [4.78, 5) is 23.4. The molecule has 130 valence electrons. The molecule has 1 aromatic carbocycles. The number of methoxy groups -OCH3 is 1. The van der Waals surface area contributed by atoms with Crippen LogP contribution in [0.1, 0.15) is 33.9 Å². The molecule has 0 fully saturated rings. The molecule has 0 spiro atoms. The molecule has 0 atom stereocenters. The molecule has 6 nitrogen and oxygen atoms in total. The lowest BCUT2D eigenvalue weighted by Gasteiger charge is -2.05. The number of carbonyl (C=O) groups is 2. The number of nitrogens with one attached hydrogen (secondary N) is 1. The number of para-hydroxylation sites is 1. The number of esters is 1. The normalized spacial score (nSPS) is 9.92. The second-order valence-corrected chi connectivity index (χ2v) is 5.15. The van der Waals surface area contributed by atoms with Gasteiger partial charge in [0, 0.05) is 12.1 Å². The fourth-order valence-corrected chi connectivity index (χ4v) is 2.23. The number of aryl methyl sites for hydroxylation is 2. The maximum Gasteiger partial charge on any atom is 0.341 e. The number of hydrogen-bond acceptors (Lipinski definition) is 5. The molecule has 0 radical (unpaired) electrons. The van der Waals surface area contributed by atoms with E-state index in [2.05, 4.69) is 10.1 Å². The molecule has 7 heteroatoms. The first-order valence-corrected chi connectivity index (χ1v) is 7.29. The Morgan fingerprint density at radius 2 is 2.00 bits per heavy atom. The van der Waals surface area contributed by atoms with Crippen molar-refractivity contribution in [3.05, 3.63) is 53.0 Å². The second-order valence-electron chi connectivity index (χ2n) is 5.15. The molecule has 1 aromatic heterocycles. The van der Waals surface area contributed by atoms with Crippen LogP contribution in [0, 0.1) is 6.92 Å². The first-order valence-electron chi connectivity index (χ1n) is 7.29. The van der Waals surface area contributed by atoms with Gasteiger partial charge in [0.25, 0.3) is 0 Å². The Balaban J connectivity index is 0.00000288. The maximum atomic E-state index is 11.9. The van der Waals surface area contributed by atoms with Gasteiger partial charge in [0.05, 0.1) is 13.7 Å². The van der Waals surface area contributed by atoms with E-state index in [1.54, 1.807) is 13.0 Å². The van der Waals surface area contributed by atoms with Crippen LogP contribution in [0.5, 0.6) is 0 Å². The Labute approximate surface area is 146 Å². The van der Waals surface area contributed by atoms with Crippen molar-refractivity contribution < 1.29 is 18.7 Å². The Morgan fingerprint density at radius 3 is 2.67 bits per heavy atom. The summed E-state index contributed by atoms with van der Waals surface area (Å²) in [5.41, 5.74) is 7.84. The van der Waals surface area contributed by atoms with E-state index in [-0.39, 0.29) is 24.9 Å². The minimum Gasteiger partial charge on any atom is -0.465 e. The van der Waals surface area contributed by atoms with Gasteiger partial charge in [-0.15, -0.1) is 12.4 Å². The number of benzene rings is 1. The summed E-state index contributed by atoms with van der Waals surface area (Å²) in [6.07, 6.45) is 0.904. The van der Waals surface area contributed by atoms with Gasteiger partial charge in [0.15, 0.2) is 0 Å². The van der Waals surface area contributed by atoms with E-state index >= 15 is 0 Å². The summed E-state index contributed by atoms with van der Waals surface area (Å²) >= 11 is 0. The third-order valence-corrected chi connectivity index (χ3v) is 3.51. The third kappa shape index (κ3) is 5.03. The van der Waals surface area contributed by atoms with E-state index in [9.17, 15) is 9.59 Å². The number of anilines is 1. The summed E-state index contributed by atoms with van der Waals surface area (Å²) in [5, 5.41) is 2.76. The van der Waals surface area contributed by atoms with Crippen LogP contribution < -0.4 is 11.1 Å². The minimum atomic E-state index is -0.455. The quantitative estimate of drug-likeness (QED) is 0.615. The van der Waals surface area contributed by atoms with E-state index in [4.69, 9.17) is 10.2 Å². The van der Waals surface area contributed by atoms with Crippen LogP contribution in [0.2, 0.25) is 0 Å². The topological polar surface area (TPSA) is 94.6 Å². The van der Waals surface area contributed by atoms with Crippen LogP contribution in [-0.2, 0) is 22.5 Å². The molecule has 0 saturated heterocycles. The van der Waals surface area contributed by atoms with Gasteiger partial charge in [0.1, 0.15) is 17.1 Å². The third-order valence-electron chi connectivity index (χ3n) is 3.51. The number of ether oxygens (including phenoxy) is 1. The molecule has 2 aromatic rings. The number of furan rings is 1. The first kappa shape index (κ1) is 19.6. The Bertz CT molecular complexity index is 712. The summed E-state index contributed by atoms with van der Waals surface area (Å²) in [6, 6.07) is 9.05. The van der Waals surface area contributed by atoms with E-state index in [1.165, 1.54) is 7.11 Å². The van der Waals surface area contributed by atoms with Gasteiger partial charge >= 0.3 is 5.97 Å². The highest BCUT2D eigenvalue weighted by Crippen LogP contribution is 2.16. The van der Waals surface area contributed by atoms with Crippen LogP contribution in [0.25, 0.3) is 0 Å². The van der Waals surface area contributed by atoms with E-state index < -0.39 is 5.97 Å². The lowest BCUT2D eigenvalue weighted by atomic mass is 10.1. The number of nitrogen functional groups attached to an aromatic ring is 1. The standard InChI is InChI=1S/C17H20N2O4.ClH/c1-11-14(17(21)22-2)9-13(23-11)10-19-16(20)8-7-12-5-3-4-6-15(12)18;/h3-6,9H,7-8,10,18H2,1-2H3,(H,19,20);1H. The zero-order valence-corrected chi connectivity index (χ0v) is 14.4. The van der Waals surface area contributed by atoms with Crippen LogP contribution in [0.4, 0.5) is 5.69 Å². The maximum absolute atomic E-state index is 11.9. The van der Waals surface area contributed by atoms with Crippen LogP contribution >= 0.6 is 12.4 Å². The minimum absolute atomic E-state index is 0. The summed E-state index contributed by atoms with van der Waals surface area (Å²) in [5.74, 6) is 0.416. The highest BCUT2D eigenvalue weighted by Gasteiger charge is 2.15. The molecule has 24 heavy (non-hydrogen) atoms. The van der Waals surface area contributed by atoms with Gasteiger partial charge in [-0.2, -0.15) is 0 Å². The Kier molecular flexibility index (Phi) is 7.32. The molecule has 0 bridgehead atoms. The molecule has 2 rings (SSSR count). The zero-order chi connectivity index (χ0) is 16.8. The largest absolute Gasteiger partial charge is 0.465 e. The van der Waals surface area contributed by atoms with Crippen molar-refractivity contribution in [3.63, 3.8) is 0 Å². The molecule has 0 aliphatic rings. The SMILES string of the molecule is COC(=O)c1cc(CNC(=O)CCc2ccccc2N)oc1C.Cl. The summed E-state index contributed by atoms with van der Waals surface area (Å²) < 4.78 is 10.1. The van der Waals surface area contributed by atoms with Crippen LogP contribution in [-0.4, -0.2) is 19.0 Å². The van der Waals surface area contributed by atoms with E-state index in [1.807, 2.05) is 24.3 Å². The average Bonchev–Trinajstić information content (AvgIpc) is 2.92. The van der Waals surface area contributed by atoms with Gasteiger partial charge in [-0.25, -0.2) is 4.79 Å². The number of rotatable bonds is 6. The number of hydrogen-bond donors (Lipinski definition) is 2. The molecule has 0 aliphatic heterocycles. The molecular formula is C17H21ClN2O4. The highest BCUT2D eigenvalue weighted by molar-refractivity contribution is 5.90. The molecule has 0 unspecified atom stereocenters. The summed E-state index contributed by atoms with van der Waals surface area (Å²) in [6.45, 7) is 1.90. The van der Waals surface area contributed by atoms with Gasteiger partial charge < -0.3 is 20.2 Å². The van der Waals surface area contributed by atoms with Gasteiger partial charge in [-0.3, -0.25) is 4.79 Å². The van der Waals surface area contributed by atoms with Crippen molar-refractivity contribution in [2.75, 3.05) is 12.8 Å². The zero-order valence-electron chi connectivity index (χ0n) is 13.6. The van der Waals surface area contributed by atoms with Crippen molar-refractivity contribution >= 4 is 30.0 Å². The number of nitrogens with two attached hydrogens (primary N) is 1. The highest BCUT2D eigenvalue weighted by atomic mass is 35.5. The van der Waals surface area contributed by atoms with E-state index in [0.29, 0.717) is 35.6 Å². The molecule has 3 N–H and O–H groups in total. The van der Waals surface area contributed by atoms with Gasteiger partial charge in [0.2, 0.25) is 5.91 Å². The lowest BCUT2D eigenvalue weighted by Crippen LogP contribution is -2.22. The smallest absolute Gasteiger partial charge is 0.341 e. The van der Waals surface area contributed by atoms with Crippen LogP contribution in [0.15, 0.2) is 34.7 Å². The van der Waals surface area contributed by atoms with Gasteiger partial charge in [-0.1, -0.05) is 18.2 Å². The Morgan fingerprint density at radius 1 is 1.29 bits per heavy atom. The van der Waals surface area contributed by atoms with Crippen molar-refractivity contribution in [1.29, 1.82) is 0 Å². The second kappa shape index (κ2) is 8.98. The molecule has 1 amide bonds. The van der Waals surface area contributed by atoms with Crippen molar-refractivity contribution in [2.45, 2.75) is 26.3 Å². The molecular weight excluding hydrogens is 332 g/mol. The molecule has 1 heterocycles. The van der Waals surface area contributed by atoms with Crippen molar-refractivity contribution in [2.24, 2.45) is 0 Å². The van der Waals surface area contributed by atoms with E-state index in [0.717, 1.165) is 5.56 Å².